The van der Waals surface area contributed by atoms with Gasteiger partial charge in [0.05, 0.1) is 24.0 Å². The molecule has 0 aromatic carbocycles. The molecule has 31 heavy (non-hydrogen) atoms. The van der Waals surface area contributed by atoms with Gasteiger partial charge in [0.15, 0.2) is 5.43 Å². The zero-order chi connectivity index (χ0) is 22.9. The van der Waals surface area contributed by atoms with Crippen molar-refractivity contribution in [2.75, 3.05) is 27.3 Å². The zero-order valence-electron chi connectivity index (χ0n) is 19.1. The van der Waals surface area contributed by atoms with E-state index in [1.54, 1.807) is 7.11 Å². The van der Waals surface area contributed by atoms with Crippen LogP contribution in [0.2, 0.25) is 0 Å². The number of carboxylic acids is 1. The first-order valence-corrected chi connectivity index (χ1v) is 10.5. The second-order valence-corrected chi connectivity index (χ2v) is 9.34. The Balaban J connectivity index is 2.11. The van der Waals surface area contributed by atoms with Gasteiger partial charge in [0.2, 0.25) is 0 Å². The number of likely N-dealkylation sites (N-methyl/N-ethyl adjacent to an activating group) is 1. The minimum absolute atomic E-state index is 0.0103. The standard InChI is InChI=1S/C24H32N2O5/c1-15(14-30-6)31-17-9-7-8-16(10-17)22-19-11-20(27)18(23(28)29)12-26(19)21(13-25(22)5)24(2,3)4/h7-9,11-12,15,21H,10,13-14H2,1-6H3,(H,28,29)/b22-16-. The van der Waals surface area contributed by atoms with Crippen LogP contribution < -0.4 is 5.43 Å². The summed E-state index contributed by atoms with van der Waals surface area (Å²) in [7, 11) is 3.66. The number of rotatable bonds is 5. The summed E-state index contributed by atoms with van der Waals surface area (Å²) < 4.78 is 13.1. The summed E-state index contributed by atoms with van der Waals surface area (Å²) in [6, 6.07) is 1.47. The lowest BCUT2D eigenvalue weighted by molar-refractivity contribution is 0.0462. The van der Waals surface area contributed by atoms with Gasteiger partial charge in [-0.15, -0.1) is 0 Å². The molecule has 0 bridgehead atoms. The first-order chi connectivity index (χ1) is 14.5. The Kier molecular flexibility index (Phi) is 6.46. The molecule has 7 nitrogen and oxygen atoms in total. The molecule has 1 aliphatic heterocycles. The van der Waals surface area contributed by atoms with E-state index in [4.69, 9.17) is 9.47 Å². The Morgan fingerprint density at radius 3 is 2.68 bits per heavy atom. The maximum absolute atomic E-state index is 12.6. The van der Waals surface area contributed by atoms with Gasteiger partial charge in [-0.05, 0) is 24.0 Å². The summed E-state index contributed by atoms with van der Waals surface area (Å²) in [5.41, 5.74) is 1.85. The SMILES string of the molecule is COCC(C)OC1=CC=C/C(=C2\c3cc(=O)c(C(=O)O)cn3C(C(C)(C)C)CN2C)C1. The molecule has 0 saturated heterocycles. The van der Waals surface area contributed by atoms with Crippen LogP contribution >= 0.6 is 0 Å². The molecule has 2 atom stereocenters. The Hall–Kier alpha value is -2.80. The summed E-state index contributed by atoms with van der Waals surface area (Å²) in [6.45, 7) is 9.52. The molecule has 0 saturated carbocycles. The first kappa shape index (κ1) is 22.9. The van der Waals surface area contributed by atoms with Crippen LogP contribution in [0.4, 0.5) is 0 Å². The number of pyridine rings is 1. The lowest BCUT2D eigenvalue weighted by atomic mass is 9.83. The number of hydrogen-bond acceptors (Lipinski definition) is 5. The fourth-order valence-electron chi connectivity index (χ4n) is 4.24. The average molecular weight is 429 g/mol. The maximum Gasteiger partial charge on any atom is 0.341 e. The van der Waals surface area contributed by atoms with E-state index >= 15 is 0 Å². The van der Waals surface area contributed by atoms with E-state index in [1.807, 2.05) is 36.8 Å². The van der Waals surface area contributed by atoms with E-state index in [9.17, 15) is 14.7 Å². The normalized spacial score (nSPS) is 22.1. The number of allylic oxidation sites excluding steroid dienone is 4. The predicted octanol–water partition coefficient (Wildman–Crippen LogP) is 3.69. The highest BCUT2D eigenvalue weighted by molar-refractivity contribution is 5.87. The topological polar surface area (TPSA) is 81.0 Å². The number of carbonyl (C=O) groups is 1. The molecule has 2 unspecified atom stereocenters. The van der Waals surface area contributed by atoms with Crippen molar-refractivity contribution in [3.63, 3.8) is 0 Å². The fraction of sp³-hybridized carbons (Fsp3) is 0.500. The van der Waals surface area contributed by atoms with Gasteiger partial charge in [0, 0.05) is 39.4 Å². The van der Waals surface area contributed by atoms with E-state index < -0.39 is 11.4 Å². The molecule has 1 aromatic rings. The summed E-state index contributed by atoms with van der Waals surface area (Å²) in [5, 5.41) is 9.50. The Morgan fingerprint density at radius 1 is 1.35 bits per heavy atom. The number of fused-ring (bicyclic) bond motifs is 1. The van der Waals surface area contributed by atoms with E-state index in [0.29, 0.717) is 19.6 Å². The molecular weight excluding hydrogens is 396 g/mol. The van der Waals surface area contributed by atoms with Gasteiger partial charge in [-0.1, -0.05) is 32.9 Å². The van der Waals surface area contributed by atoms with E-state index in [0.717, 1.165) is 22.7 Å². The van der Waals surface area contributed by atoms with Crippen LogP contribution in [0.5, 0.6) is 0 Å². The highest BCUT2D eigenvalue weighted by Crippen LogP contribution is 2.41. The highest BCUT2D eigenvalue weighted by Gasteiger charge is 2.36. The van der Waals surface area contributed by atoms with E-state index in [-0.39, 0.29) is 23.1 Å². The van der Waals surface area contributed by atoms with Gasteiger partial charge in [-0.2, -0.15) is 0 Å². The number of ether oxygens (including phenoxy) is 2. The van der Waals surface area contributed by atoms with Crippen molar-refractivity contribution >= 4 is 11.7 Å². The molecule has 1 aromatic heterocycles. The maximum atomic E-state index is 12.6. The zero-order valence-corrected chi connectivity index (χ0v) is 19.1. The van der Waals surface area contributed by atoms with E-state index in [1.165, 1.54) is 12.3 Å². The molecule has 0 fully saturated rings. The van der Waals surface area contributed by atoms with Crippen molar-refractivity contribution < 1.29 is 19.4 Å². The molecule has 7 heteroatoms. The van der Waals surface area contributed by atoms with Crippen molar-refractivity contribution in [3.05, 3.63) is 63.3 Å². The third-order valence-corrected chi connectivity index (χ3v) is 5.72. The minimum atomic E-state index is -1.20. The van der Waals surface area contributed by atoms with Gasteiger partial charge in [0.25, 0.3) is 0 Å². The molecule has 168 valence electrons. The van der Waals surface area contributed by atoms with Gasteiger partial charge in [0.1, 0.15) is 17.4 Å². The number of nitrogens with zero attached hydrogens (tertiary/aromatic N) is 2. The molecule has 0 spiro atoms. The number of aromatic carboxylic acids is 1. The van der Waals surface area contributed by atoms with E-state index in [2.05, 4.69) is 25.7 Å². The van der Waals surface area contributed by atoms with Crippen molar-refractivity contribution in [2.45, 2.75) is 46.3 Å². The first-order valence-electron chi connectivity index (χ1n) is 10.5. The van der Waals surface area contributed by atoms with Crippen LogP contribution in [-0.2, 0) is 9.47 Å². The second kappa shape index (κ2) is 8.75. The largest absolute Gasteiger partial charge is 0.492 e. The van der Waals surface area contributed by atoms with Crippen LogP contribution in [0, 0.1) is 5.41 Å². The molecule has 1 N–H and O–H groups in total. The van der Waals surface area contributed by atoms with Crippen LogP contribution in [0.15, 0.2) is 46.6 Å². The Bertz CT molecular complexity index is 1010. The lowest BCUT2D eigenvalue weighted by Crippen LogP contribution is -2.42. The average Bonchev–Trinajstić information content (AvgIpc) is 2.66. The third-order valence-electron chi connectivity index (χ3n) is 5.72. The molecule has 0 amide bonds. The van der Waals surface area contributed by atoms with Crippen LogP contribution in [0.25, 0.3) is 5.70 Å². The van der Waals surface area contributed by atoms with Crippen LogP contribution in [-0.4, -0.2) is 54.0 Å². The minimum Gasteiger partial charge on any atom is -0.492 e. The number of carboxylic acid groups (broad SMARTS) is 1. The summed E-state index contributed by atoms with van der Waals surface area (Å²) in [5.74, 6) is -0.374. The molecular formula is C24H32N2O5. The van der Waals surface area contributed by atoms with Crippen molar-refractivity contribution in [3.8, 4) is 0 Å². The Morgan fingerprint density at radius 2 is 2.06 bits per heavy atom. The number of methoxy groups -OCH3 is 1. The molecule has 3 rings (SSSR count). The van der Waals surface area contributed by atoms with Gasteiger partial charge >= 0.3 is 5.97 Å². The predicted molar refractivity (Wildman–Crippen MR) is 120 cm³/mol. The summed E-state index contributed by atoms with van der Waals surface area (Å²) in [6.07, 6.45) is 7.92. The lowest BCUT2D eigenvalue weighted by Gasteiger charge is -2.44. The molecule has 0 radical (unpaired) electrons. The highest BCUT2D eigenvalue weighted by atomic mass is 16.5. The van der Waals surface area contributed by atoms with Crippen LogP contribution in [0.1, 0.15) is 56.2 Å². The van der Waals surface area contributed by atoms with Gasteiger partial charge < -0.3 is 24.0 Å². The third kappa shape index (κ3) is 4.77. The van der Waals surface area contributed by atoms with Gasteiger partial charge in [-0.3, -0.25) is 4.79 Å². The quantitative estimate of drug-likeness (QED) is 0.771. The molecule has 1 aliphatic carbocycles. The van der Waals surface area contributed by atoms with Crippen molar-refractivity contribution in [2.24, 2.45) is 5.41 Å². The second-order valence-electron chi connectivity index (χ2n) is 9.34. The Labute approximate surface area is 183 Å². The molecule has 2 aliphatic rings. The van der Waals surface area contributed by atoms with Crippen molar-refractivity contribution in [1.29, 1.82) is 0 Å². The fourth-order valence-corrected chi connectivity index (χ4v) is 4.24. The number of hydrogen-bond donors (Lipinski definition) is 1. The summed E-state index contributed by atoms with van der Waals surface area (Å²) >= 11 is 0. The smallest absolute Gasteiger partial charge is 0.341 e. The van der Waals surface area contributed by atoms with Crippen LogP contribution in [0.3, 0.4) is 0 Å². The number of aromatic nitrogens is 1. The van der Waals surface area contributed by atoms with Crippen molar-refractivity contribution in [1.82, 2.24) is 9.47 Å². The monoisotopic (exact) mass is 428 g/mol. The van der Waals surface area contributed by atoms with Gasteiger partial charge in [-0.25, -0.2) is 4.79 Å². The summed E-state index contributed by atoms with van der Waals surface area (Å²) in [4.78, 5) is 26.4. The molecule has 2 heterocycles.